The van der Waals surface area contributed by atoms with Crippen molar-refractivity contribution in [2.75, 3.05) is 11.6 Å². The number of aromatic nitrogens is 1. The summed E-state index contributed by atoms with van der Waals surface area (Å²) in [7, 11) is -3.39. The van der Waals surface area contributed by atoms with Crippen LogP contribution < -0.4 is 5.32 Å². The molecule has 0 saturated heterocycles. The van der Waals surface area contributed by atoms with Crippen molar-refractivity contribution in [2.24, 2.45) is 0 Å². The Labute approximate surface area is 229 Å². The van der Waals surface area contributed by atoms with E-state index < -0.39 is 27.5 Å². The van der Waals surface area contributed by atoms with Crippen LogP contribution in [0.4, 0.5) is 18.9 Å². The molecular formula is C31H25F3N2O3S. The number of hydrogen-bond donors (Lipinski definition) is 1. The van der Waals surface area contributed by atoms with Gasteiger partial charge in [-0.2, -0.15) is 13.2 Å². The lowest BCUT2D eigenvalue weighted by atomic mass is 9.98. The molecule has 5 nitrogen and oxygen atoms in total. The molecule has 1 N–H and O–H groups in total. The average molecular weight is 563 g/mol. The number of carbonyl (C=O) groups is 1. The van der Waals surface area contributed by atoms with Crippen LogP contribution in [0.25, 0.3) is 27.6 Å². The summed E-state index contributed by atoms with van der Waals surface area (Å²) >= 11 is 0. The summed E-state index contributed by atoms with van der Waals surface area (Å²) in [4.78, 5) is 13.2. The molecule has 0 bridgehead atoms. The van der Waals surface area contributed by atoms with E-state index in [1.165, 1.54) is 41.0 Å². The molecule has 0 aliphatic carbocycles. The number of carbonyl (C=O) groups excluding carboxylic acids is 1. The summed E-state index contributed by atoms with van der Waals surface area (Å²) in [5.41, 5.74) is 1.56. The zero-order valence-corrected chi connectivity index (χ0v) is 22.7. The molecule has 0 aliphatic heterocycles. The van der Waals surface area contributed by atoms with Gasteiger partial charge in [-0.15, -0.1) is 0 Å². The molecule has 40 heavy (non-hydrogen) atoms. The van der Waals surface area contributed by atoms with Crippen molar-refractivity contribution in [3.8, 4) is 16.8 Å². The second kappa shape index (κ2) is 9.98. The van der Waals surface area contributed by atoms with Crippen molar-refractivity contribution in [2.45, 2.75) is 24.9 Å². The number of sulfone groups is 1. The summed E-state index contributed by atoms with van der Waals surface area (Å²) in [6.45, 7) is 3.23. The number of fused-ring (bicyclic) bond motifs is 1. The van der Waals surface area contributed by atoms with E-state index in [1.807, 2.05) is 36.4 Å². The molecule has 0 unspecified atom stereocenters. The Morgan fingerprint density at radius 1 is 0.800 bits per heavy atom. The van der Waals surface area contributed by atoms with Crippen LogP contribution in [0.15, 0.2) is 95.9 Å². The number of nitrogens with one attached hydrogen (secondary N) is 1. The minimum atomic E-state index is -4.64. The van der Waals surface area contributed by atoms with Crippen molar-refractivity contribution in [3.63, 3.8) is 0 Å². The third-order valence-corrected chi connectivity index (χ3v) is 7.97. The molecule has 0 radical (unpaired) electrons. The second-order valence-corrected chi connectivity index (χ2v) is 11.7. The average Bonchev–Trinajstić information content (AvgIpc) is 3.21. The number of alkyl halides is 3. The lowest BCUT2D eigenvalue weighted by Gasteiger charge is -2.18. The molecule has 0 fully saturated rings. The Kier molecular flexibility index (Phi) is 6.79. The highest BCUT2D eigenvalue weighted by atomic mass is 32.2. The summed E-state index contributed by atoms with van der Waals surface area (Å²) in [5.74, 6) is -0.521. The van der Waals surface area contributed by atoms with Crippen LogP contribution in [-0.2, 0) is 16.0 Å². The van der Waals surface area contributed by atoms with Gasteiger partial charge in [-0.05, 0) is 84.3 Å². The quantitative estimate of drug-likeness (QED) is 0.240. The third kappa shape index (κ3) is 5.24. The monoisotopic (exact) mass is 562 g/mol. The lowest BCUT2D eigenvalue weighted by molar-refractivity contribution is -0.137. The number of aryl methyl sites for hydroxylation is 1. The number of amides is 1. The highest BCUT2D eigenvalue weighted by molar-refractivity contribution is 7.90. The Bertz CT molecular complexity index is 1870. The van der Waals surface area contributed by atoms with Crippen LogP contribution in [-0.4, -0.2) is 25.1 Å². The zero-order valence-electron chi connectivity index (χ0n) is 21.9. The molecule has 204 valence electrons. The number of nitrogens with zero attached hydrogens (tertiary/aromatic N) is 1. The van der Waals surface area contributed by atoms with Gasteiger partial charge in [0.1, 0.15) is 0 Å². The molecule has 0 atom stereocenters. The molecule has 1 heterocycles. The van der Waals surface area contributed by atoms with Crippen molar-refractivity contribution < 1.29 is 26.4 Å². The van der Waals surface area contributed by atoms with Crippen LogP contribution in [0.5, 0.6) is 0 Å². The van der Waals surface area contributed by atoms with E-state index in [0.717, 1.165) is 23.1 Å². The van der Waals surface area contributed by atoms with E-state index in [2.05, 4.69) is 5.32 Å². The van der Waals surface area contributed by atoms with Gasteiger partial charge in [0.25, 0.3) is 5.91 Å². The Morgan fingerprint density at radius 2 is 1.43 bits per heavy atom. The third-order valence-electron chi connectivity index (χ3n) is 6.84. The molecule has 5 rings (SSSR count). The first-order valence-corrected chi connectivity index (χ1v) is 14.2. The van der Waals surface area contributed by atoms with Gasteiger partial charge in [0.05, 0.1) is 21.7 Å². The predicted molar refractivity (Wildman–Crippen MR) is 151 cm³/mol. The number of rotatable bonds is 5. The standard InChI is InChI=1S/C31H25F3N2O3S/c1-19-16-27(30(37)35-25-11-13-26(14-12-25)40(3,38)39)20(2)36(19)29-15-10-24(18-28(29)31(32,33)34)23-9-8-21-6-4-5-7-22(21)17-23/h4-18H,1-3H3,(H,35,37). The molecule has 0 saturated carbocycles. The van der Waals surface area contributed by atoms with Crippen molar-refractivity contribution in [1.82, 2.24) is 4.57 Å². The van der Waals surface area contributed by atoms with E-state index in [-0.39, 0.29) is 16.1 Å². The number of anilines is 1. The molecule has 5 aromatic rings. The molecular weight excluding hydrogens is 537 g/mol. The van der Waals surface area contributed by atoms with Crippen LogP contribution in [0.3, 0.4) is 0 Å². The van der Waals surface area contributed by atoms with Crippen molar-refractivity contribution in [1.29, 1.82) is 0 Å². The summed E-state index contributed by atoms with van der Waals surface area (Å²) < 4.78 is 67.9. The second-order valence-electron chi connectivity index (χ2n) is 9.66. The minimum Gasteiger partial charge on any atom is -0.322 e. The van der Waals surface area contributed by atoms with E-state index >= 15 is 0 Å². The minimum absolute atomic E-state index is 0.0800. The Balaban J connectivity index is 1.52. The van der Waals surface area contributed by atoms with Gasteiger partial charge in [-0.3, -0.25) is 4.79 Å². The molecule has 4 aromatic carbocycles. The van der Waals surface area contributed by atoms with Crippen LogP contribution in [0.1, 0.15) is 27.3 Å². The maximum Gasteiger partial charge on any atom is 0.418 e. The van der Waals surface area contributed by atoms with Crippen LogP contribution in [0.2, 0.25) is 0 Å². The SMILES string of the molecule is Cc1cc(C(=O)Nc2ccc(S(C)(=O)=O)cc2)c(C)n1-c1ccc(-c2ccc3ccccc3c2)cc1C(F)(F)F. The number of halogens is 3. The maximum absolute atomic E-state index is 14.4. The van der Waals surface area contributed by atoms with E-state index in [9.17, 15) is 26.4 Å². The fourth-order valence-electron chi connectivity index (χ4n) is 4.85. The Morgan fingerprint density at radius 3 is 2.08 bits per heavy atom. The first-order chi connectivity index (χ1) is 18.8. The smallest absolute Gasteiger partial charge is 0.322 e. The van der Waals surface area contributed by atoms with Gasteiger partial charge >= 0.3 is 6.18 Å². The van der Waals surface area contributed by atoms with E-state index in [1.54, 1.807) is 26.0 Å². The van der Waals surface area contributed by atoms with Crippen LogP contribution in [0, 0.1) is 13.8 Å². The van der Waals surface area contributed by atoms with Gasteiger partial charge in [-0.1, -0.05) is 42.5 Å². The lowest BCUT2D eigenvalue weighted by Crippen LogP contribution is -2.15. The normalized spacial score (nSPS) is 12.1. The van der Waals surface area contributed by atoms with Gasteiger partial charge in [-0.25, -0.2) is 8.42 Å². The largest absolute Gasteiger partial charge is 0.418 e. The summed E-state index contributed by atoms with van der Waals surface area (Å²) in [6, 6.07) is 24.6. The molecule has 0 spiro atoms. The van der Waals surface area contributed by atoms with Gasteiger partial charge < -0.3 is 9.88 Å². The molecule has 1 aromatic heterocycles. The highest BCUT2D eigenvalue weighted by Gasteiger charge is 2.35. The van der Waals surface area contributed by atoms with Gasteiger partial charge in [0.2, 0.25) is 0 Å². The molecule has 0 aliphatic rings. The van der Waals surface area contributed by atoms with E-state index in [4.69, 9.17) is 0 Å². The van der Waals surface area contributed by atoms with Crippen LogP contribution >= 0.6 is 0 Å². The maximum atomic E-state index is 14.4. The summed E-state index contributed by atoms with van der Waals surface area (Å²) in [6.07, 6.45) is -3.56. The first kappa shape index (κ1) is 27.2. The van der Waals surface area contributed by atoms with Crippen molar-refractivity contribution >= 4 is 32.2 Å². The summed E-state index contributed by atoms with van der Waals surface area (Å²) in [5, 5.41) is 4.61. The fourth-order valence-corrected chi connectivity index (χ4v) is 5.48. The predicted octanol–water partition coefficient (Wildman–Crippen LogP) is 7.59. The van der Waals surface area contributed by atoms with Gasteiger partial charge in [0, 0.05) is 23.3 Å². The topological polar surface area (TPSA) is 68.2 Å². The first-order valence-electron chi connectivity index (χ1n) is 12.3. The zero-order chi connectivity index (χ0) is 28.8. The van der Waals surface area contributed by atoms with E-state index in [0.29, 0.717) is 28.2 Å². The number of benzene rings is 4. The van der Waals surface area contributed by atoms with Gasteiger partial charge in [0.15, 0.2) is 9.84 Å². The highest BCUT2D eigenvalue weighted by Crippen LogP contribution is 2.38. The molecule has 1 amide bonds. The Hall–Kier alpha value is -4.37. The molecule has 9 heteroatoms. The fraction of sp³-hybridized carbons (Fsp3) is 0.129. The number of hydrogen-bond acceptors (Lipinski definition) is 3. The van der Waals surface area contributed by atoms with Crippen molar-refractivity contribution in [3.05, 3.63) is 114 Å².